The molecule has 140 valence electrons. The summed E-state index contributed by atoms with van der Waals surface area (Å²) in [5.74, 6) is -0.576. The quantitative estimate of drug-likeness (QED) is 0.597. The first-order chi connectivity index (χ1) is 12.1. The Morgan fingerprint density at radius 2 is 1.73 bits per heavy atom. The molecule has 2 rings (SSSR count). The molecule has 11 heteroatoms. The number of hydrogen-bond donors (Lipinski definition) is 1. The van der Waals surface area contributed by atoms with Crippen LogP contribution in [0.25, 0.3) is 0 Å². The normalized spacial score (nSPS) is 11.8. The predicted molar refractivity (Wildman–Crippen MR) is 82.8 cm³/mol. The van der Waals surface area contributed by atoms with Crippen LogP contribution in [0.3, 0.4) is 0 Å². The second-order valence-electron chi connectivity index (χ2n) is 4.93. The average Bonchev–Trinajstić information content (AvgIpc) is 2.57. The van der Waals surface area contributed by atoms with Gasteiger partial charge in [-0.05, 0) is 36.4 Å². The van der Waals surface area contributed by atoms with Crippen LogP contribution in [-0.2, 0) is 20.9 Å². The lowest BCUT2D eigenvalue weighted by Crippen LogP contribution is -2.14. The van der Waals surface area contributed by atoms with Crippen LogP contribution in [-0.4, -0.2) is 32.6 Å². The largest absolute Gasteiger partial charge is 0.490 e. The van der Waals surface area contributed by atoms with Gasteiger partial charge < -0.3 is 9.47 Å². The van der Waals surface area contributed by atoms with Crippen molar-refractivity contribution in [2.24, 2.45) is 5.14 Å². The highest BCUT2D eigenvalue weighted by Crippen LogP contribution is 2.28. The van der Waals surface area contributed by atoms with Crippen molar-refractivity contribution in [1.82, 2.24) is 4.98 Å². The molecule has 1 aromatic heterocycles. The highest BCUT2D eigenvalue weighted by atomic mass is 32.2. The van der Waals surface area contributed by atoms with E-state index in [1.54, 1.807) is 0 Å². The summed E-state index contributed by atoms with van der Waals surface area (Å²) in [6, 6.07) is 6.90. The summed E-state index contributed by atoms with van der Waals surface area (Å²) >= 11 is 0. The molecule has 1 heterocycles. The van der Waals surface area contributed by atoms with Crippen molar-refractivity contribution in [2.45, 2.75) is 11.1 Å². The third kappa shape index (κ3) is 5.43. The van der Waals surface area contributed by atoms with Crippen LogP contribution in [0.1, 0.15) is 16.1 Å². The summed E-state index contributed by atoms with van der Waals surface area (Å²) in [6.07, 6.45) is -4.00. The van der Waals surface area contributed by atoms with E-state index in [1.807, 2.05) is 0 Å². The summed E-state index contributed by atoms with van der Waals surface area (Å²) < 4.78 is 69.5. The number of pyridine rings is 1. The molecular weight excluding hydrogens is 377 g/mol. The highest BCUT2D eigenvalue weighted by Gasteiger charge is 2.31. The van der Waals surface area contributed by atoms with E-state index in [9.17, 15) is 26.4 Å². The zero-order chi connectivity index (χ0) is 19.4. The summed E-state index contributed by atoms with van der Waals surface area (Å²) in [6.45, 7) is -0.237. The van der Waals surface area contributed by atoms with Crippen molar-refractivity contribution in [3.05, 3.63) is 53.9 Å². The number of nitrogens with two attached hydrogens (primary N) is 1. The standard InChI is InChI=1S/C15H13F3N2O5S/c16-15(17,18)10-1-6-13(20-9-10)14(21)25-8-7-24-11-2-4-12(5-3-11)26(19,22)23/h1-6,9H,7-8H2,(H2,19,22,23). The lowest BCUT2D eigenvalue weighted by atomic mass is 10.2. The van der Waals surface area contributed by atoms with Crippen LogP contribution < -0.4 is 9.88 Å². The molecule has 0 saturated carbocycles. The number of hydrogen-bond acceptors (Lipinski definition) is 6. The molecular formula is C15H13F3N2O5S. The SMILES string of the molecule is NS(=O)(=O)c1ccc(OCCOC(=O)c2ccc(C(F)(F)F)cn2)cc1. The number of benzene rings is 1. The lowest BCUT2D eigenvalue weighted by Gasteiger charge is -2.08. The van der Waals surface area contributed by atoms with Crippen molar-refractivity contribution in [3.63, 3.8) is 0 Å². The predicted octanol–water partition coefficient (Wildman–Crippen LogP) is 1.98. The number of ether oxygens (including phenoxy) is 2. The van der Waals surface area contributed by atoms with Crippen LogP contribution in [0.5, 0.6) is 5.75 Å². The Balaban J connectivity index is 1.81. The van der Waals surface area contributed by atoms with Gasteiger partial charge in [0.05, 0.1) is 10.5 Å². The monoisotopic (exact) mass is 390 g/mol. The third-order valence-corrected chi connectivity index (χ3v) is 3.97. The van der Waals surface area contributed by atoms with E-state index in [2.05, 4.69) is 4.98 Å². The molecule has 26 heavy (non-hydrogen) atoms. The van der Waals surface area contributed by atoms with Gasteiger partial charge in [-0.25, -0.2) is 23.3 Å². The molecule has 0 saturated heterocycles. The van der Waals surface area contributed by atoms with E-state index in [0.717, 1.165) is 12.1 Å². The van der Waals surface area contributed by atoms with E-state index in [0.29, 0.717) is 11.9 Å². The summed E-state index contributed by atoms with van der Waals surface area (Å²) in [7, 11) is -3.80. The van der Waals surface area contributed by atoms with Gasteiger partial charge in [0.25, 0.3) is 0 Å². The minimum atomic E-state index is -4.54. The first-order valence-corrected chi connectivity index (χ1v) is 8.58. The van der Waals surface area contributed by atoms with Crippen molar-refractivity contribution in [1.29, 1.82) is 0 Å². The summed E-state index contributed by atoms with van der Waals surface area (Å²) in [5, 5.41) is 4.96. The molecule has 0 spiro atoms. The molecule has 0 bridgehead atoms. The van der Waals surface area contributed by atoms with Crippen LogP contribution >= 0.6 is 0 Å². The molecule has 0 atom stereocenters. The van der Waals surface area contributed by atoms with Gasteiger partial charge in [0, 0.05) is 6.20 Å². The van der Waals surface area contributed by atoms with Gasteiger partial charge in [-0.1, -0.05) is 0 Å². The fraction of sp³-hybridized carbons (Fsp3) is 0.200. The van der Waals surface area contributed by atoms with Gasteiger partial charge in [-0.2, -0.15) is 13.2 Å². The van der Waals surface area contributed by atoms with Gasteiger partial charge in [0.15, 0.2) is 0 Å². The maximum Gasteiger partial charge on any atom is 0.417 e. The number of carbonyl (C=O) groups excluding carboxylic acids is 1. The molecule has 0 radical (unpaired) electrons. The average molecular weight is 390 g/mol. The zero-order valence-electron chi connectivity index (χ0n) is 13.1. The van der Waals surface area contributed by atoms with Gasteiger partial charge >= 0.3 is 12.1 Å². The van der Waals surface area contributed by atoms with Gasteiger partial charge in [0.2, 0.25) is 10.0 Å². The maximum absolute atomic E-state index is 12.4. The molecule has 0 aliphatic rings. The Kier molecular flexibility index (Phi) is 5.83. The first kappa shape index (κ1) is 19.7. The molecule has 2 aromatic rings. The van der Waals surface area contributed by atoms with Crippen molar-refractivity contribution in [3.8, 4) is 5.75 Å². The van der Waals surface area contributed by atoms with Crippen LogP contribution in [0.4, 0.5) is 13.2 Å². The smallest absolute Gasteiger partial charge is 0.417 e. The number of rotatable bonds is 6. The third-order valence-electron chi connectivity index (χ3n) is 3.04. The highest BCUT2D eigenvalue weighted by molar-refractivity contribution is 7.89. The van der Waals surface area contributed by atoms with Gasteiger partial charge in [-0.3, -0.25) is 0 Å². The molecule has 1 aromatic carbocycles. The first-order valence-electron chi connectivity index (χ1n) is 7.03. The van der Waals surface area contributed by atoms with Crippen LogP contribution in [0.2, 0.25) is 0 Å². The maximum atomic E-state index is 12.4. The van der Waals surface area contributed by atoms with E-state index >= 15 is 0 Å². The molecule has 0 fully saturated rings. The van der Waals surface area contributed by atoms with E-state index in [4.69, 9.17) is 14.6 Å². The fourth-order valence-corrected chi connectivity index (χ4v) is 2.29. The Hall–Kier alpha value is -2.66. The second kappa shape index (κ2) is 7.70. The molecule has 0 unspecified atom stereocenters. The van der Waals surface area contributed by atoms with Crippen molar-refractivity contribution < 1.29 is 35.9 Å². The summed E-state index contributed by atoms with van der Waals surface area (Å²) in [5.41, 5.74) is -1.24. The number of alkyl halides is 3. The molecule has 0 aliphatic heterocycles. The lowest BCUT2D eigenvalue weighted by molar-refractivity contribution is -0.137. The van der Waals surface area contributed by atoms with E-state index in [1.165, 1.54) is 24.3 Å². The number of carbonyl (C=O) groups is 1. The Morgan fingerprint density at radius 3 is 2.23 bits per heavy atom. The van der Waals surface area contributed by atoms with Gasteiger partial charge in [-0.15, -0.1) is 0 Å². The number of halogens is 3. The summed E-state index contributed by atoms with van der Waals surface area (Å²) in [4.78, 5) is 15.0. The topological polar surface area (TPSA) is 109 Å². The number of primary sulfonamides is 1. The number of esters is 1. The Bertz CT molecular complexity index is 866. The van der Waals surface area contributed by atoms with Crippen molar-refractivity contribution in [2.75, 3.05) is 13.2 Å². The fourth-order valence-electron chi connectivity index (χ4n) is 1.78. The Labute approximate surface area is 146 Å². The number of aromatic nitrogens is 1. The molecule has 0 aliphatic carbocycles. The second-order valence-corrected chi connectivity index (χ2v) is 6.49. The Morgan fingerprint density at radius 1 is 1.08 bits per heavy atom. The molecule has 0 amide bonds. The number of nitrogens with zero attached hydrogens (tertiary/aromatic N) is 1. The number of sulfonamides is 1. The minimum Gasteiger partial charge on any atom is -0.490 e. The van der Waals surface area contributed by atoms with Crippen LogP contribution in [0.15, 0.2) is 47.5 Å². The van der Waals surface area contributed by atoms with E-state index < -0.39 is 27.7 Å². The van der Waals surface area contributed by atoms with E-state index in [-0.39, 0.29) is 23.8 Å². The van der Waals surface area contributed by atoms with Gasteiger partial charge in [0.1, 0.15) is 24.7 Å². The molecule has 7 nitrogen and oxygen atoms in total. The minimum absolute atomic E-state index is 0.0545. The molecule has 2 N–H and O–H groups in total. The zero-order valence-corrected chi connectivity index (χ0v) is 13.9. The van der Waals surface area contributed by atoms with Crippen LogP contribution in [0, 0.1) is 0 Å². The van der Waals surface area contributed by atoms with Crippen molar-refractivity contribution >= 4 is 16.0 Å².